The molecule has 0 unspecified atom stereocenters. The van der Waals surface area contributed by atoms with Gasteiger partial charge in [-0.1, -0.05) is 15.9 Å². The summed E-state index contributed by atoms with van der Waals surface area (Å²) >= 11 is 3.47. The van der Waals surface area contributed by atoms with Gasteiger partial charge in [-0.3, -0.25) is 0 Å². The van der Waals surface area contributed by atoms with Gasteiger partial charge < -0.3 is 24.2 Å². The van der Waals surface area contributed by atoms with Crippen molar-refractivity contribution in [3.8, 4) is 11.8 Å². The van der Waals surface area contributed by atoms with Crippen molar-refractivity contribution in [2.75, 3.05) is 26.8 Å². The maximum Gasteiger partial charge on any atom is 0.373 e. The number of ether oxygens (including phenoxy) is 2. The molecule has 0 bridgehead atoms. The Labute approximate surface area is 199 Å². The van der Waals surface area contributed by atoms with Crippen LogP contribution in [0.1, 0.15) is 34.5 Å². The van der Waals surface area contributed by atoms with Crippen molar-refractivity contribution in [1.29, 1.82) is 5.26 Å². The van der Waals surface area contributed by atoms with E-state index in [4.69, 9.17) is 19.2 Å². The van der Waals surface area contributed by atoms with Gasteiger partial charge in [0.05, 0.1) is 18.7 Å². The number of aromatic amines is 1. The number of aromatic nitrogens is 1. The monoisotopic (exact) mass is 509 g/mol. The molecule has 7 nitrogen and oxygen atoms in total. The largest absolute Gasteiger partial charge is 0.488 e. The lowest BCUT2D eigenvalue weighted by molar-refractivity contribution is 0.0567. The molecule has 2 aromatic heterocycles. The zero-order valence-corrected chi connectivity index (χ0v) is 19.8. The number of H-pyrrole nitrogens is 1. The summed E-state index contributed by atoms with van der Waals surface area (Å²) in [6, 6.07) is 13.3. The fraction of sp³-hybridized carbons (Fsp3) is 0.280. The Kier molecular flexibility index (Phi) is 7.33. The van der Waals surface area contributed by atoms with Gasteiger partial charge in [0.1, 0.15) is 6.61 Å². The van der Waals surface area contributed by atoms with Crippen LogP contribution in [0.25, 0.3) is 21.9 Å². The molecule has 0 saturated carbocycles. The molecule has 0 spiro atoms. The summed E-state index contributed by atoms with van der Waals surface area (Å²) in [4.78, 5) is 15.0. The normalized spacial score (nSPS) is 11.1. The van der Waals surface area contributed by atoms with Crippen LogP contribution in [0.4, 0.5) is 0 Å². The predicted octanol–water partition coefficient (Wildman–Crippen LogP) is 5.33. The van der Waals surface area contributed by atoms with Crippen molar-refractivity contribution in [3.63, 3.8) is 0 Å². The number of nitrogens with zero attached hydrogens (tertiary/aromatic N) is 1. The first-order valence-electron chi connectivity index (χ1n) is 10.7. The molecule has 8 heteroatoms. The van der Waals surface area contributed by atoms with E-state index in [0.29, 0.717) is 30.0 Å². The minimum atomic E-state index is -0.520. The highest BCUT2D eigenvalue weighted by Gasteiger charge is 2.16. The number of aryl methyl sites for hydroxylation is 1. The number of hydrogen-bond donors (Lipinski definition) is 2. The van der Waals surface area contributed by atoms with Crippen LogP contribution in [0.3, 0.4) is 0 Å². The topological polar surface area (TPSA) is 100 Å². The molecule has 170 valence electrons. The van der Waals surface area contributed by atoms with E-state index < -0.39 is 5.97 Å². The van der Waals surface area contributed by atoms with Gasteiger partial charge in [0.25, 0.3) is 0 Å². The van der Waals surface area contributed by atoms with Crippen molar-refractivity contribution in [1.82, 2.24) is 10.3 Å². The van der Waals surface area contributed by atoms with Crippen molar-refractivity contribution in [2.24, 2.45) is 0 Å². The minimum Gasteiger partial charge on any atom is -0.488 e. The van der Waals surface area contributed by atoms with E-state index in [9.17, 15) is 4.79 Å². The second-order valence-corrected chi connectivity index (χ2v) is 8.58. The summed E-state index contributed by atoms with van der Waals surface area (Å²) in [5.41, 5.74) is 3.52. The molecule has 2 aromatic carbocycles. The first-order valence-corrected chi connectivity index (χ1v) is 11.5. The molecule has 0 saturated heterocycles. The Balaban J connectivity index is 1.21. The quantitative estimate of drug-likeness (QED) is 0.221. The van der Waals surface area contributed by atoms with Crippen LogP contribution < -0.4 is 10.1 Å². The van der Waals surface area contributed by atoms with E-state index in [0.717, 1.165) is 46.6 Å². The predicted molar refractivity (Wildman–Crippen MR) is 130 cm³/mol. The summed E-state index contributed by atoms with van der Waals surface area (Å²) in [6.45, 7) is 2.05. The van der Waals surface area contributed by atoms with Gasteiger partial charge in [0.2, 0.25) is 5.76 Å². The number of carbonyl (C=O) groups is 1. The van der Waals surface area contributed by atoms with E-state index in [1.54, 1.807) is 6.07 Å². The van der Waals surface area contributed by atoms with Gasteiger partial charge in [0.15, 0.2) is 11.3 Å². The van der Waals surface area contributed by atoms with Crippen LogP contribution in [0, 0.1) is 11.3 Å². The maximum absolute atomic E-state index is 11.7. The number of hydrogen-bond acceptors (Lipinski definition) is 6. The van der Waals surface area contributed by atoms with Gasteiger partial charge in [-0.25, -0.2) is 4.79 Å². The molecule has 0 aliphatic carbocycles. The summed E-state index contributed by atoms with van der Waals surface area (Å²) in [5, 5.41) is 14.4. The Morgan fingerprint density at radius 2 is 2.09 bits per heavy atom. The third-order valence-corrected chi connectivity index (χ3v) is 5.87. The molecular formula is C25H24BrN3O4. The average molecular weight is 510 g/mol. The van der Waals surface area contributed by atoms with E-state index in [2.05, 4.69) is 32.3 Å². The molecule has 0 atom stereocenters. The van der Waals surface area contributed by atoms with Crippen LogP contribution in [0.15, 0.2) is 51.5 Å². The molecule has 0 aliphatic heterocycles. The van der Waals surface area contributed by atoms with Crippen LogP contribution in [0.5, 0.6) is 5.75 Å². The number of rotatable bonds is 10. The Bertz CT molecular complexity index is 1320. The third kappa shape index (κ3) is 5.38. The maximum atomic E-state index is 11.7. The molecule has 0 fully saturated rings. The zero-order valence-electron chi connectivity index (χ0n) is 18.2. The smallest absolute Gasteiger partial charge is 0.373 e. The molecular weight excluding hydrogens is 486 g/mol. The molecule has 33 heavy (non-hydrogen) atoms. The van der Waals surface area contributed by atoms with Crippen molar-refractivity contribution in [3.05, 3.63) is 64.0 Å². The van der Waals surface area contributed by atoms with E-state index in [1.807, 2.05) is 36.5 Å². The number of fused-ring (bicyclic) bond motifs is 2. The van der Waals surface area contributed by atoms with Gasteiger partial charge >= 0.3 is 5.97 Å². The van der Waals surface area contributed by atoms with Crippen molar-refractivity contribution >= 4 is 43.8 Å². The number of nitriles is 1. The number of methoxy groups -OCH3 is 1. The van der Waals surface area contributed by atoms with Crippen molar-refractivity contribution in [2.45, 2.75) is 19.3 Å². The SMILES string of the molecule is COC(=O)c1cc2cc(Br)cc(OCCNCCCCc3c[nH]c4ccc(C#N)cc34)c2o1. The summed E-state index contributed by atoms with van der Waals surface area (Å²) in [6.07, 6.45) is 5.08. The second kappa shape index (κ2) is 10.6. The lowest BCUT2D eigenvalue weighted by Crippen LogP contribution is -2.22. The highest BCUT2D eigenvalue weighted by atomic mass is 79.9. The summed E-state index contributed by atoms with van der Waals surface area (Å²) in [7, 11) is 1.32. The van der Waals surface area contributed by atoms with Gasteiger partial charge in [-0.2, -0.15) is 5.26 Å². The molecule has 4 rings (SSSR count). The zero-order chi connectivity index (χ0) is 23.2. The van der Waals surface area contributed by atoms with E-state index in [1.165, 1.54) is 12.7 Å². The second-order valence-electron chi connectivity index (χ2n) is 7.67. The lowest BCUT2D eigenvalue weighted by Gasteiger charge is -2.08. The Morgan fingerprint density at radius 1 is 1.21 bits per heavy atom. The van der Waals surface area contributed by atoms with E-state index >= 15 is 0 Å². The van der Waals surface area contributed by atoms with Gasteiger partial charge in [0, 0.05) is 33.5 Å². The standard InChI is InChI=1S/C25H24BrN3O4/c1-31-25(30)23-12-18-11-19(26)13-22(24(18)33-23)32-9-8-28-7-3-2-4-17-15-29-21-6-5-16(14-27)10-20(17)21/h5-6,10-13,15,28-29H,2-4,7-9H2,1H3. The molecule has 0 amide bonds. The first-order chi connectivity index (χ1) is 16.1. The summed E-state index contributed by atoms with van der Waals surface area (Å²) in [5.74, 6) is 0.202. The number of halogens is 1. The van der Waals surface area contributed by atoms with Crippen LogP contribution in [0.2, 0.25) is 0 Å². The third-order valence-electron chi connectivity index (χ3n) is 5.42. The Morgan fingerprint density at radius 3 is 2.91 bits per heavy atom. The fourth-order valence-corrected chi connectivity index (χ4v) is 4.23. The summed E-state index contributed by atoms with van der Waals surface area (Å²) < 4.78 is 17.1. The number of furan rings is 1. The van der Waals surface area contributed by atoms with Crippen LogP contribution >= 0.6 is 15.9 Å². The van der Waals surface area contributed by atoms with Crippen LogP contribution in [-0.4, -0.2) is 37.8 Å². The van der Waals surface area contributed by atoms with Gasteiger partial charge in [-0.15, -0.1) is 0 Å². The number of carbonyl (C=O) groups excluding carboxylic acids is 1. The lowest BCUT2D eigenvalue weighted by atomic mass is 10.1. The molecule has 2 heterocycles. The Hall–Kier alpha value is -3.28. The van der Waals surface area contributed by atoms with Gasteiger partial charge in [-0.05, 0) is 67.8 Å². The van der Waals surface area contributed by atoms with Crippen LogP contribution in [-0.2, 0) is 11.2 Å². The number of unbranched alkanes of at least 4 members (excludes halogenated alkanes) is 1. The fourth-order valence-electron chi connectivity index (χ4n) is 3.77. The number of esters is 1. The highest BCUT2D eigenvalue weighted by Crippen LogP contribution is 2.33. The molecule has 0 aliphatic rings. The van der Waals surface area contributed by atoms with Crippen molar-refractivity contribution < 1.29 is 18.7 Å². The molecule has 0 radical (unpaired) electrons. The first kappa shape index (κ1) is 22.9. The number of benzene rings is 2. The van der Waals surface area contributed by atoms with E-state index in [-0.39, 0.29) is 5.76 Å². The molecule has 4 aromatic rings. The average Bonchev–Trinajstić information content (AvgIpc) is 3.43. The minimum absolute atomic E-state index is 0.146. The highest BCUT2D eigenvalue weighted by molar-refractivity contribution is 9.10. The molecule has 2 N–H and O–H groups in total. The number of nitrogens with one attached hydrogen (secondary N) is 2.